The summed E-state index contributed by atoms with van der Waals surface area (Å²) in [7, 11) is -2.50. The first kappa shape index (κ1) is 26.8. The summed E-state index contributed by atoms with van der Waals surface area (Å²) in [5.74, 6) is -0.754. The lowest BCUT2D eigenvalue weighted by Crippen LogP contribution is -2.50. The molecule has 7 nitrogen and oxygen atoms in total. The Balaban J connectivity index is 2.22. The van der Waals surface area contributed by atoms with Gasteiger partial charge in [0.25, 0.3) is 0 Å². The quantitative estimate of drug-likeness (QED) is 0.484. The molecule has 0 heterocycles. The monoisotopic (exact) mass is 493 g/mol. The van der Waals surface area contributed by atoms with Gasteiger partial charge in [0.2, 0.25) is 21.8 Å². The van der Waals surface area contributed by atoms with Crippen LogP contribution in [0.3, 0.4) is 0 Å². The largest absolute Gasteiger partial charge is 0.354 e. The molecule has 2 aromatic carbocycles. The number of carbonyl (C=O) groups is 2. The van der Waals surface area contributed by atoms with Crippen molar-refractivity contribution in [1.29, 1.82) is 0 Å². The number of aryl methyl sites for hydroxylation is 1. The number of nitrogens with zero attached hydrogens (tertiary/aromatic N) is 2. The summed E-state index contributed by atoms with van der Waals surface area (Å²) >= 11 is 5.96. The number of hydrogen-bond donors (Lipinski definition) is 1. The van der Waals surface area contributed by atoms with Crippen LogP contribution in [0.2, 0.25) is 5.02 Å². The maximum atomic E-state index is 13.2. The van der Waals surface area contributed by atoms with Gasteiger partial charge in [0.05, 0.1) is 11.4 Å². The van der Waals surface area contributed by atoms with E-state index in [4.69, 9.17) is 11.6 Å². The molecule has 0 aromatic heterocycles. The zero-order valence-corrected chi connectivity index (χ0v) is 21.1. The lowest BCUT2D eigenvalue weighted by Gasteiger charge is -2.30. The SMILES string of the molecule is CCCCNC(=O)[C@H](C)N(Cc1ccc(Cl)cc1)C(=O)CN(C)S(=O)(=O)c1ccc(C)cc1. The van der Waals surface area contributed by atoms with Crippen LogP contribution in [0.5, 0.6) is 0 Å². The van der Waals surface area contributed by atoms with Gasteiger partial charge in [-0.05, 0) is 50.1 Å². The van der Waals surface area contributed by atoms with Crippen LogP contribution in [-0.2, 0) is 26.2 Å². The van der Waals surface area contributed by atoms with E-state index in [0.717, 1.165) is 28.3 Å². The summed E-state index contributed by atoms with van der Waals surface area (Å²) in [5, 5.41) is 3.40. The summed E-state index contributed by atoms with van der Waals surface area (Å²) in [4.78, 5) is 27.4. The predicted octanol–water partition coefficient (Wildman–Crippen LogP) is 3.60. The highest BCUT2D eigenvalue weighted by Crippen LogP contribution is 2.17. The standard InChI is InChI=1S/C24H32ClN3O4S/c1-5-6-15-26-24(30)19(3)28(16-20-9-11-21(25)12-10-20)23(29)17-27(4)33(31,32)22-13-7-18(2)8-14-22/h7-14,19H,5-6,15-17H2,1-4H3,(H,26,30)/t19-/m0/s1. The second kappa shape index (κ2) is 12.2. The molecule has 0 saturated heterocycles. The molecule has 0 spiro atoms. The minimum absolute atomic E-state index is 0.109. The van der Waals surface area contributed by atoms with Crippen molar-refractivity contribution in [2.24, 2.45) is 0 Å². The van der Waals surface area contributed by atoms with Gasteiger partial charge in [-0.3, -0.25) is 9.59 Å². The Kier molecular flexibility index (Phi) is 9.88. The molecular formula is C24H32ClN3O4S. The van der Waals surface area contributed by atoms with E-state index in [1.54, 1.807) is 43.3 Å². The van der Waals surface area contributed by atoms with Crippen molar-refractivity contribution in [3.8, 4) is 0 Å². The van der Waals surface area contributed by atoms with Crippen LogP contribution in [0.1, 0.15) is 37.8 Å². The van der Waals surface area contributed by atoms with Gasteiger partial charge in [-0.2, -0.15) is 4.31 Å². The van der Waals surface area contributed by atoms with Crippen molar-refractivity contribution >= 4 is 33.4 Å². The molecule has 2 rings (SSSR count). The van der Waals surface area contributed by atoms with Crippen LogP contribution in [0.25, 0.3) is 0 Å². The first-order valence-electron chi connectivity index (χ1n) is 10.9. The number of benzene rings is 2. The summed E-state index contributed by atoms with van der Waals surface area (Å²) in [5.41, 5.74) is 1.72. The van der Waals surface area contributed by atoms with Crippen molar-refractivity contribution in [2.45, 2.75) is 51.1 Å². The van der Waals surface area contributed by atoms with E-state index in [1.165, 1.54) is 24.1 Å². The van der Waals surface area contributed by atoms with Crippen LogP contribution in [0.15, 0.2) is 53.4 Å². The van der Waals surface area contributed by atoms with E-state index >= 15 is 0 Å². The molecule has 0 aliphatic carbocycles. The van der Waals surface area contributed by atoms with Crippen molar-refractivity contribution in [2.75, 3.05) is 20.1 Å². The van der Waals surface area contributed by atoms with Crippen LogP contribution >= 0.6 is 11.6 Å². The molecule has 0 saturated carbocycles. The van der Waals surface area contributed by atoms with Gasteiger partial charge in [0, 0.05) is 25.2 Å². The highest BCUT2D eigenvalue weighted by Gasteiger charge is 2.30. The number of nitrogens with one attached hydrogen (secondary N) is 1. The molecule has 1 N–H and O–H groups in total. The minimum Gasteiger partial charge on any atom is -0.354 e. The average Bonchev–Trinajstić information content (AvgIpc) is 2.78. The Hall–Kier alpha value is -2.42. The molecule has 0 unspecified atom stereocenters. The Morgan fingerprint density at radius 2 is 1.67 bits per heavy atom. The lowest BCUT2D eigenvalue weighted by atomic mass is 10.1. The molecule has 0 aliphatic rings. The van der Waals surface area contributed by atoms with Gasteiger partial charge in [-0.25, -0.2) is 8.42 Å². The number of hydrogen-bond acceptors (Lipinski definition) is 4. The Morgan fingerprint density at radius 3 is 2.24 bits per heavy atom. The molecule has 33 heavy (non-hydrogen) atoms. The summed E-state index contributed by atoms with van der Waals surface area (Å²) in [6, 6.07) is 12.6. The number of halogens is 1. The van der Waals surface area contributed by atoms with E-state index in [1.807, 2.05) is 13.8 Å². The van der Waals surface area contributed by atoms with Gasteiger partial charge in [-0.15, -0.1) is 0 Å². The second-order valence-electron chi connectivity index (χ2n) is 8.04. The molecular weight excluding hydrogens is 462 g/mol. The topological polar surface area (TPSA) is 86.8 Å². The summed E-state index contributed by atoms with van der Waals surface area (Å²) in [6.45, 7) is 5.81. The maximum absolute atomic E-state index is 13.2. The third-order valence-corrected chi connectivity index (χ3v) is 7.42. The van der Waals surface area contributed by atoms with Crippen LogP contribution in [0, 0.1) is 6.92 Å². The zero-order valence-electron chi connectivity index (χ0n) is 19.5. The van der Waals surface area contributed by atoms with Gasteiger partial charge in [-0.1, -0.05) is 54.8 Å². The molecule has 9 heteroatoms. The van der Waals surface area contributed by atoms with Gasteiger partial charge in [0.15, 0.2) is 0 Å². The highest BCUT2D eigenvalue weighted by atomic mass is 35.5. The smallest absolute Gasteiger partial charge is 0.243 e. The second-order valence-corrected chi connectivity index (χ2v) is 10.5. The average molecular weight is 494 g/mol. The van der Waals surface area contributed by atoms with Crippen molar-refractivity contribution < 1.29 is 18.0 Å². The normalized spacial score (nSPS) is 12.4. The Bertz CT molecular complexity index is 1040. The molecule has 180 valence electrons. The first-order chi connectivity index (χ1) is 15.6. The fourth-order valence-corrected chi connectivity index (χ4v) is 4.41. The predicted molar refractivity (Wildman–Crippen MR) is 130 cm³/mol. The fraction of sp³-hybridized carbons (Fsp3) is 0.417. The molecule has 1 atom stereocenters. The number of carbonyl (C=O) groups excluding carboxylic acids is 2. The third kappa shape index (κ3) is 7.55. The van der Waals surface area contributed by atoms with Crippen LogP contribution in [0.4, 0.5) is 0 Å². The van der Waals surface area contributed by atoms with Crippen LogP contribution < -0.4 is 5.32 Å². The van der Waals surface area contributed by atoms with E-state index in [2.05, 4.69) is 5.32 Å². The number of unbranched alkanes of at least 4 members (excludes halogenated alkanes) is 1. The van der Waals surface area contributed by atoms with Crippen molar-refractivity contribution in [3.05, 3.63) is 64.7 Å². The molecule has 2 amide bonds. The van der Waals surface area contributed by atoms with Gasteiger partial charge in [0.1, 0.15) is 6.04 Å². The number of sulfonamides is 1. The van der Waals surface area contributed by atoms with Crippen LogP contribution in [-0.4, -0.2) is 55.6 Å². The zero-order chi connectivity index (χ0) is 24.6. The van der Waals surface area contributed by atoms with Gasteiger partial charge >= 0.3 is 0 Å². The summed E-state index contributed by atoms with van der Waals surface area (Å²) < 4.78 is 26.9. The molecule has 0 bridgehead atoms. The number of rotatable bonds is 11. The van der Waals surface area contributed by atoms with E-state index in [0.29, 0.717) is 11.6 Å². The number of likely N-dealkylation sites (N-methyl/N-ethyl adjacent to an activating group) is 1. The van der Waals surface area contributed by atoms with E-state index < -0.39 is 28.5 Å². The molecule has 0 aliphatic heterocycles. The van der Waals surface area contributed by atoms with E-state index in [9.17, 15) is 18.0 Å². The Morgan fingerprint density at radius 1 is 1.06 bits per heavy atom. The van der Waals surface area contributed by atoms with E-state index in [-0.39, 0.29) is 17.3 Å². The van der Waals surface area contributed by atoms with Crippen molar-refractivity contribution in [1.82, 2.24) is 14.5 Å². The highest BCUT2D eigenvalue weighted by molar-refractivity contribution is 7.89. The minimum atomic E-state index is -3.86. The van der Waals surface area contributed by atoms with Gasteiger partial charge < -0.3 is 10.2 Å². The first-order valence-corrected chi connectivity index (χ1v) is 12.7. The Labute approximate surface area is 201 Å². The number of amides is 2. The molecule has 0 fully saturated rings. The molecule has 2 aromatic rings. The van der Waals surface area contributed by atoms with Crippen molar-refractivity contribution in [3.63, 3.8) is 0 Å². The fourth-order valence-electron chi connectivity index (χ4n) is 3.16. The maximum Gasteiger partial charge on any atom is 0.243 e. The summed E-state index contributed by atoms with van der Waals surface area (Å²) in [6.07, 6.45) is 1.77. The molecule has 0 radical (unpaired) electrons. The lowest BCUT2D eigenvalue weighted by molar-refractivity contribution is -0.140. The third-order valence-electron chi connectivity index (χ3n) is 5.35.